The highest BCUT2D eigenvalue weighted by atomic mass is 16.3. The number of piperidine rings is 1. The van der Waals surface area contributed by atoms with E-state index < -0.39 is 0 Å². The van der Waals surface area contributed by atoms with Crippen molar-refractivity contribution in [1.29, 1.82) is 0 Å². The van der Waals surface area contributed by atoms with Crippen LogP contribution >= 0.6 is 0 Å². The molecule has 4 nitrogen and oxygen atoms in total. The molecule has 4 heteroatoms. The van der Waals surface area contributed by atoms with Gasteiger partial charge in [-0.1, -0.05) is 0 Å². The number of carbonyl (C=O) groups is 1. The predicted molar refractivity (Wildman–Crippen MR) is 70.4 cm³/mol. The minimum atomic E-state index is 0.0849. The zero-order chi connectivity index (χ0) is 12.8. The van der Waals surface area contributed by atoms with E-state index in [9.17, 15) is 4.79 Å². The number of rotatable bonds is 4. The number of urea groups is 1. The smallest absolute Gasteiger partial charge is 0.317 e. The lowest BCUT2D eigenvalue weighted by Crippen LogP contribution is -2.46. The first-order valence-electron chi connectivity index (χ1n) is 6.83. The molecule has 0 bridgehead atoms. The van der Waals surface area contributed by atoms with Gasteiger partial charge >= 0.3 is 6.03 Å². The molecule has 0 aromatic carbocycles. The standard InChI is InChI=1S/C14H22N2O2/c1-12(7-8-13-6-5-11-18-13)15-14(17)16-9-3-2-4-10-16/h5-6,11-12H,2-4,7-10H2,1H3,(H,15,17). The van der Waals surface area contributed by atoms with Crippen molar-refractivity contribution in [2.24, 2.45) is 0 Å². The van der Waals surface area contributed by atoms with Crippen molar-refractivity contribution in [1.82, 2.24) is 10.2 Å². The summed E-state index contributed by atoms with van der Waals surface area (Å²) in [5.41, 5.74) is 0. The van der Waals surface area contributed by atoms with Gasteiger partial charge in [-0.15, -0.1) is 0 Å². The second-order valence-electron chi connectivity index (χ2n) is 5.02. The van der Waals surface area contributed by atoms with Gasteiger partial charge in [-0.05, 0) is 44.7 Å². The molecule has 0 saturated carbocycles. The number of amides is 2. The number of carbonyl (C=O) groups excluding carboxylic acids is 1. The molecule has 0 spiro atoms. The third kappa shape index (κ3) is 3.79. The minimum Gasteiger partial charge on any atom is -0.469 e. The highest BCUT2D eigenvalue weighted by molar-refractivity contribution is 5.74. The Labute approximate surface area is 108 Å². The molecule has 2 rings (SSSR count). The van der Waals surface area contributed by atoms with Crippen LogP contribution in [0, 0.1) is 0 Å². The van der Waals surface area contributed by atoms with E-state index in [0.717, 1.165) is 44.5 Å². The molecule has 1 saturated heterocycles. The van der Waals surface area contributed by atoms with Crippen molar-refractivity contribution < 1.29 is 9.21 Å². The third-order valence-corrected chi connectivity index (χ3v) is 3.42. The Morgan fingerprint density at radius 2 is 2.22 bits per heavy atom. The van der Waals surface area contributed by atoms with E-state index in [1.165, 1.54) is 6.42 Å². The summed E-state index contributed by atoms with van der Waals surface area (Å²) in [6.45, 7) is 3.85. The Morgan fingerprint density at radius 1 is 1.44 bits per heavy atom. The van der Waals surface area contributed by atoms with Crippen molar-refractivity contribution >= 4 is 6.03 Å². The van der Waals surface area contributed by atoms with E-state index in [-0.39, 0.29) is 12.1 Å². The van der Waals surface area contributed by atoms with Crippen molar-refractivity contribution in [3.8, 4) is 0 Å². The fourth-order valence-corrected chi connectivity index (χ4v) is 2.28. The molecule has 1 aromatic rings. The summed E-state index contributed by atoms with van der Waals surface area (Å²) in [7, 11) is 0. The van der Waals surface area contributed by atoms with Gasteiger partial charge in [0.2, 0.25) is 0 Å². The molecule has 2 heterocycles. The molecule has 1 N–H and O–H groups in total. The van der Waals surface area contributed by atoms with Gasteiger partial charge in [0.1, 0.15) is 5.76 Å². The molecular formula is C14H22N2O2. The molecule has 1 aromatic heterocycles. The topological polar surface area (TPSA) is 45.5 Å². The summed E-state index contributed by atoms with van der Waals surface area (Å²) in [5, 5.41) is 3.06. The van der Waals surface area contributed by atoms with E-state index in [1.807, 2.05) is 24.0 Å². The summed E-state index contributed by atoms with van der Waals surface area (Å²) < 4.78 is 5.28. The monoisotopic (exact) mass is 250 g/mol. The molecule has 1 fully saturated rings. The first kappa shape index (κ1) is 13.0. The largest absolute Gasteiger partial charge is 0.469 e. The van der Waals surface area contributed by atoms with Crippen LogP contribution in [-0.4, -0.2) is 30.1 Å². The highest BCUT2D eigenvalue weighted by Crippen LogP contribution is 2.10. The molecule has 1 atom stereocenters. The summed E-state index contributed by atoms with van der Waals surface area (Å²) >= 11 is 0. The Bertz CT molecular complexity index is 356. The van der Waals surface area contributed by atoms with E-state index >= 15 is 0 Å². The van der Waals surface area contributed by atoms with Crippen LogP contribution in [0.3, 0.4) is 0 Å². The van der Waals surface area contributed by atoms with E-state index in [4.69, 9.17) is 4.42 Å². The molecule has 1 unspecified atom stereocenters. The molecule has 2 amide bonds. The fourth-order valence-electron chi connectivity index (χ4n) is 2.28. The van der Waals surface area contributed by atoms with Crippen LogP contribution < -0.4 is 5.32 Å². The highest BCUT2D eigenvalue weighted by Gasteiger charge is 2.17. The van der Waals surface area contributed by atoms with Crippen molar-refractivity contribution in [2.45, 2.75) is 45.1 Å². The second kappa shape index (κ2) is 6.47. The normalized spacial score (nSPS) is 17.5. The lowest BCUT2D eigenvalue weighted by molar-refractivity contribution is 0.182. The van der Waals surface area contributed by atoms with Gasteiger partial charge in [-0.25, -0.2) is 4.79 Å². The van der Waals surface area contributed by atoms with Crippen LogP contribution in [0.4, 0.5) is 4.79 Å². The number of nitrogens with zero attached hydrogens (tertiary/aromatic N) is 1. The van der Waals surface area contributed by atoms with Crippen molar-refractivity contribution in [3.05, 3.63) is 24.2 Å². The maximum absolute atomic E-state index is 12.0. The van der Waals surface area contributed by atoms with E-state index in [0.29, 0.717) is 0 Å². The predicted octanol–water partition coefficient (Wildman–Crippen LogP) is 2.80. The quantitative estimate of drug-likeness (QED) is 0.893. The molecule has 18 heavy (non-hydrogen) atoms. The minimum absolute atomic E-state index is 0.0849. The lowest BCUT2D eigenvalue weighted by Gasteiger charge is -2.28. The molecule has 1 aliphatic rings. The Morgan fingerprint density at radius 3 is 2.89 bits per heavy atom. The van der Waals surface area contributed by atoms with Crippen LogP contribution in [0.15, 0.2) is 22.8 Å². The number of likely N-dealkylation sites (tertiary alicyclic amines) is 1. The average Bonchev–Trinajstić information content (AvgIpc) is 2.90. The zero-order valence-corrected chi connectivity index (χ0v) is 11.0. The van der Waals surface area contributed by atoms with Crippen molar-refractivity contribution in [2.75, 3.05) is 13.1 Å². The van der Waals surface area contributed by atoms with Crippen LogP contribution in [0.25, 0.3) is 0 Å². The summed E-state index contributed by atoms with van der Waals surface area (Å²) in [6.07, 6.45) is 6.98. The maximum atomic E-state index is 12.0. The van der Waals surface area contributed by atoms with Crippen LogP contribution in [0.2, 0.25) is 0 Å². The lowest BCUT2D eigenvalue weighted by atomic mass is 10.1. The maximum Gasteiger partial charge on any atom is 0.317 e. The Kier molecular flexibility index (Phi) is 4.67. The van der Waals surface area contributed by atoms with Crippen molar-refractivity contribution in [3.63, 3.8) is 0 Å². The number of aryl methyl sites for hydroxylation is 1. The molecule has 1 aliphatic heterocycles. The van der Waals surface area contributed by atoms with Gasteiger partial charge < -0.3 is 14.6 Å². The van der Waals surface area contributed by atoms with Crippen LogP contribution in [0.5, 0.6) is 0 Å². The number of hydrogen-bond acceptors (Lipinski definition) is 2. The zero-order valence-electron chi connectivity index (χ0n) is 11.0. The van der Waals surface area contributed by atoms with Gasteiger partial charge in [0, 0.05) is 25.6 Å². The number of nitrogens with one attached hydrogen (secondary N) is 1. The second-order valence-corrected chi connectivity index (χ2v) is 5.02. The fraction of sp³-hybridized carbons (Fsp3) is 0.643. The number of hydrogen-bond donors (Lipinski definition) is 1. The SMILES string of the molecule is CC(CCc1ccco1)NC(=O)N1CCCCC1. The van der Waals surface area contributed by atoms with Gasteiger partial charge in [0.25, 0.3) is 0 Å². The Hall–Kier alpha value is -1.45. The van der Waals surface area contributed by atoms with Gasteiger partial charge in [0.15, 0.2) is 0 Å². The van der Waals surface area contributed by atoms with Gasteiger partial charge in [-0.2, -0.15) is 0 Å². The summed E-state index contributed by atoms with van der Waals surface area (Å²) in [5.74, 6) is 0.981. The molecule has 0 radical (unpaired) electrons. The third-order valence-electron chi connectivity index (χ3n) is 3.42. The summed E-state index contributed by atoms with van der Waals surface area (Å²) in [6, 6.07) is 4.14. The number of furan rings is 1. The molecule has 0 aliphatic carbocycles. The molecular weight excluding hydrogens is 228 g/mol. The average molecular weight is 250 g/mol. The van der Waals surface area contributed by atoms with Crippen LogP contribution in [-0.2, 0) is 6.42 Å². The van der Waals surface area contributed by atoms with Gasteiger partial charge in [-0.3, -0.25) is 0 Å². The Balaban J connectivity index is 1.69. The van der Waals surface area contributed by atoms with E-state index in [2.05, 4.69) is 5.32 Å². The van der Waals surface area contributed by atoms with Gasteiger partial charge in [0.05, 0.1) is 6.26 Å². The van der Waals surface area contributed by atoms with Crippen LogP contribution in [0.1, 0.15) is 38.4 Å². The first-order valence-corrected chi connectivity index (χ1v) is 6.83. The summed E-state index contributed by atoms with van der Waals surface area (Å²) in [4.78, 5) is 13.9. The van der Waals surface area contributed by atoms with E-state index in [1.54, 1.807) is 6.26 Å². The first-order chi connectivity index (χ1) is 8.75. The molecule has 100 valence electrons.